The maximum atomic E-state index is 9.56. The molecule has 2 heteroatoms. The number of phenols is 1. The van der Waals surface area contributed by atoms with Crippen molar-refractivity contribution in [1.29, 1.82) is 0 Å². The van der Waals surface area contributed by atoms with Gasteiger partial charge in [-0.05, 0) is 55.1 Å². The summed E-state index contributed by atoms with van der Waals surface area (Å²) in [4.78, 5) is 4.91. The molecule has 2 nitrogen and oxygen atoms in total. The maximum absolute atomic E-state index is 9.56. The van der Waals surface area contributed by atoms with E-state index in [0.29, 0.717) is 0 Å². The van der Waals surface area contributed by atoms with Crippen LogP contribution in [0.2, 0.25) is 0 Å². The maximum Gasteiger partial charge on any atom is 0.115 e. The lowest BCUT2D eigenvalue weighted by molar-refractivity contribution is 0.475. The number of aromatic nitrogens is 1. The first-order valence-corrected chi connectivity index (χ1v) is 7.72. The van der Waals surface area contributed by atoms with Crippen molar-refractivity contribution in [3.05, 3.63) is 71.8 Å². The fourth-order valence-electron chi connectivity index (χ4n) is 3.30. The molecule has 4 rings (SSSR count). The molecule has 1 aromatic heterocycles. The van der Waals surface area contributed by atoms with E-state index in [4.69, 9.17) is 4.98 Å². The number of nitrogens with zero attached hydrogens (tertiary/aromatic N) is 1. The van der Waals surface area contributed by atoms with Gasteiger partial charge < -0.3 is 5.11 Å². The van der Waals surface area contributed by atoms with Crippen LogP contribution in [0.15, 0.2) is 60.7 Å². The second-order valence-electron chi connectivity index (χ2n) is 6.03. The summed E-state index contributed by atoms with van der Waals surface area (Å²) < 4.78 is 0. The zero-order valence-electron chi connectivity index (χ0n) is 13.2. The second-order valence-corrected chi connectivity index (χ2v) is 6.03. The van der Waals surface area contributed by atoms with Crippen LogP contribution in [0.25, 0.3) is 32.9 Å². The lowest BCUT2D eigenvalue weighted by Crippen LogP contribution is -1.92. The highest BCUT2D eigenvalue weighted by Crippen LogP contribution is 2.35. The van der Waals surface area contributed by atoms with Gasteiger partial charge >= 0.3 is 0 Å². The molecule has 0 aliphatic heterocycles. The standard InChI is InChI=1S/C21H17NO/c1-13-11-14(2)20-18(12-13)17-5-3-4-6-19(17)22-21(20)15-7-9-16(23)10-8-15/h3-12,23H,1-2H3. The number of hydrogen-bond donors (Lipinski definition) is 1. The van der Waals surface area contributed by atoms with E-state index in [0.717, 1.165) is 16.8 Å². The Morgan fingerprint density at radius 1 is 0.826 bits per heavy atom. The van der Waals surface area contributed by atoms with Gasteiger partial charge in [-0.3, -0.25) is 0 Å². The Kier molecular flexibility index (Phi) is 3.05. The highest BCUT2D eigenvalue weighted by atomic mass is 16.3. The van der Waals surface area contributed by atoms with Crippen LogP contribution in [-0.4, -0.2) is 10.1 Å². The number of aryl methyl sites for hydroxylation is 2. The predicted octanol–water partition coefficient (Wildman–Crippen LogP) is 5.38. The summed E-state index contributed by atoms with van der Waals surface area (Å²) in [5, 5.41) is 13.1. The number of para-hydroxylation sites is 1. The Bertz CT molecular complexity index is 1030. The van der Waals surface area contributed by atoms with E-state index in [1.54, 1.807) is 12.1 Å². The molecule has 0 aliphatic rings. The third kappa shape index (κ3) is 2.23. The third-order valence-corrected chi connectivity index (χ3v) is 4.28. The molecule has 1 heterocycles. The summed E-state index contributed by atoms with van der Waals surface area (Å²) in [7, 11) is 0. The van der Waals surface area contributed by atoms with Crippen molar-refractivity contribution in [2.45, 2.75) is 13.8 Å². The monoisotopic (exact) mass is 299 g/mol. The van der Waals surface area contributed by atoms with Gasteiger partial charge in [-0.25, -0.2) is 4.98 Å². The van der Waals surface area contributed by atoms with Gasteiger partial charge in [0, 0.05) is 16.3 Å². The normalized spacial score (nSPS) is 11.2. The summed E-state index contributed by atoms with van der Waals surface area (Å²) in [5.41, 5.74) is 5.46. The highest BCUT2D eigenvalue weighted by molar-refractivity contribution is 6.12. The van der Waals surface area contributed by atoms with Crippen molar-refractivity contribution in [2.75, 3.05) is 0 Å². The minimum atomic E-state index is 0.270. The van der Waals surface area contributed by atoms with Crippen molar-refractivity contribution in [2.24, 2.45) is 0 Å². The molecule has 0 fully saturated rings. The number of phenolic OH excluding ortho intramolecular Hbond substituents is 1. The highest BCUT2D eigenvalue weighted by Gasteiger charge is 2.12. The molecule has 0 radical (unpaired) electrons. The molecule has 0 aliphatic carbocycles. The van der Waals surface area contributed by atoms with E-state index in [2.05, 4.69) is 44.2 Å². The summed E-state index contributed by atoms with van der Waals surface area (Å²) >= 11 is 0. The number of fused-ring (bicyclic) bond motifs is 3. The van der Waals surface area contributed by atoms with E-state index < -0.39 is 0 Å². The predicted molar refractivity (Wildman–Crippen MR) is 95.8 cm³/mol. The van der Waals surface area contributed by atoms with E-state index in [1.807, 2.05) is 18.2 Å². The van der Waals surface area contributed by atoms with Crippen molar-refractivity contribution < 1.29 is 5.11 Å². The fraction of sp³-hybridized carbons (Fsp3) is 0.0952. The van der Waals surface area contributed by atoms with Gasteiger partial charge in [-0.15, -0.1) is 0 Å². The van der Waals surface area contributed by atoms with Crippen molar-refractivity contribution in [3.8, 4) is 17.0 Å². The summed E-state index contributed by atoms with van der Waals surface area (Å²) in [6, 6.07) is 19.9. The molecule has 4 aromatic rings. The number of aromatic hydroxyl groups is 1. The van der Waals surface area contributed by atoms with E-state index in [-0.39, 0.29) is 5.75 Å². The molecular weight excluding hydrogens is 282 g/mol. The Morgan fingerprint density at radius 2 is 1.57 bits per heavy atom. The number of benzene rings is 3. The summed E-state index contributed by atoms with van der Waals surface area (Å²) in [6.45, 7) is 4.26. The van der Waals surface area contributed by atoms with Gasteiger partial charge in [0.05, 0.1) is 11.2 Å². The molecular formula is C21H17NO. The molecule has 0 unspecified atom stereocenters. The van der Waals surface area contributed by atoms with Gasteiger partial charge in [-0.2, -0.15) is 0 Å². The zero-order chi connectivity index (χ0) is 16.0. The Balaban J connectivity index is 2.19. The number of hydrogen-bond acceptors (Lipinski definition) is 2. The van der Waals surface area contributed by atoms with Gasteiger partial charge in [0.25, 0.3) is 0 Å². The summed E-state index contributed by atoms with van der Waals surface area (Å²) in [6.07, 6.45) is 0. The largest absolute Gasteiger partial charge is 0.508 e. The zero-order valence-corrected chi connectivity index (χ0v) is 13.2. The Labute approximate surface area is 135 Å². The average molecular weight is 299 g/mol. The van der Waals surface area contributed by atoms with Crippen LogP contribution in [-0.2, 0) is 0 Å². The smallest absolute Gasteiger partial charge is 0.115 e. The molecule has 0 saturated carbocycles. The lowest BCUT2D eigenvalue weighted by atomic mass is 9.95. The van der Waals surface area contributed by atoms with Crippen LogP contribution in [0, 0.1) is 13.8 Å². The molecule has 0 spiro atoms. The van der Waals surface area contributed by atoms with Crippen molar-refractivity contribution in [3.63, 3.8) is 0 Å². The second kappa shape index (κ2) is 5.10. The first-order chi connectivity index (χ1) is 11.1. The van der Waals surface area contributed by atoms with Crippen molar-refractivity contribution >= 4 is 21.7 Å². The lowest BCUT2D eigenvalue weighted by Gasteiger charge is -2.13. The third-order valence-electron chi connectivity index (χ3n) is 4.28. The average Bonchev–Trinajstić information content (AvgIpc) is 2.54. The van der Waals surface area contributed by atoms with Crippen LogP contribution < -0.4 is 0 Å². The van der Waals surface area contributed by atoms with E-state index in [1.165, 1.54) is 27.3 Å². The molecule has 23 heavy (non-hydrogen) atoms. The van der Waals surface area contributed by atoms with Crippen LogP contribution >= 0.6 is 0 Å². The molecule has 3 aromatic carbocycles. The Morgan fingerprint density at radius 3 is 2.35 bits per heavy atom. The van der Waals surface area contributed by atoms with Crippen LogP contribution in [0.5, 0.6) is 5.75 Å². The fourth-order valence-corrected chi connectivity index (χ4v) is 3.30. The minimum absolute atomic E-state index is 0.270. The number of pyridine rings is 1. The molecule has 0 amide bonds. The van der Waals surface area contributed by atoms with E-state index >= 15 is 0 Å². The Hall–Kier alpha value is -2.87. The van der Waals surface area contributed by atoms with Gasteiger partial charge in [-0.1, -0.05) is 35.9 Å². The first kappa shape index (κ1) is 13.8. The molecule has 0 saturated heterocycles. The molecule has 112 valence electrons. The van der Waals surface area contributed by atoms with Gasteiger partial charge in [0.1, 0.15) is 5.75 Å². The van der Waals surface area contributed by atoms with Gasteiger partial charge in [0.15, 0.2) is 0 Å². The quantitative estimate of drug-likeness (QED) is 0.479. The number of rotatable bonds is 1. The molecule has 0 atom stereocenters. The first-order valence-electron chi connectivity index (χ1n) is 7.72. The topological polar surface area (TPSA) is 33.1 Å². The van der Waals surface area contributed by atoms with Crippen LogP contribution in [0.1, 0.15) is 11.1 Å². The SMILES string of the molecule is Cc1cc(C)c2c(-c3ccc(O)cc3)nc3ccccc3c2c1. The van der Waals surface area contributed by atoms with Crippen LogP contribution in [0.3, 0.4) is 0 Å². The van der Waals surface area contributed by atoms with Crippen LogP contribution in [0.4, 0.5) is 0 Å². The molecule has 0 bridgehead atoms. The van der Waals surface area contributed by atoms with Gasteiger partial charge in [0.2, 0.25) is 0 Å². The minimum Gasteiger partial charge on any atom is -0.508 e. The molecule has 1 N–H and O–H groups in total. The van der Waals surface area contributed by atoms with E-state index in [9.17, 15) is 5.11 Å². The summed E-state index contributed by atoms with van der Waals surface area (Å²) in [5.74, 6) is 0.270. The van der Waals surface area contributed by atoms with Crippen molar-refractivity contribution in [1.82, 2.24) is 4.98 Å².